The molecule has 0 N–H and O–H groups in total. The Morgan fingerprint density at radius 3 is 2.50 bits per heavy atom. The van der Waals surface area contributed by atoms with E-state index in [1.165, 1.54) is 7.11 Å². The van der Waals surface area contributed by atoms with Gasteiger partial charge in [0.05, 0.1) is 13.0 Å². The predicted octanol–water partition coefficient (Wildman–Crippen LogP) is 2.61. The molecule has 0 aliphatic carbocycles. The van der Waals surface area contributed by atoms with Crippen LogP contribution in [0.3, 0.4) is 0 Å². The fraction of sp³-hybridized carbons (Fsp3) is 0.889. The molecule has 0 aromatic carbocycles. The normalized spacial score (nSPS) is 15.3. The first-order chi connectivity index (χ1) is 5.65. The van der Waals surface area contributed by atoms with E-state index in [0.29, 0.717) is 5.92 Å². The summed E-state index contributed by atoms with van der Waals surface area (Å²) in [5.41, 5.74) is 0. The van der Waals surface area contributed by atoms with Crippen LogP contribution in [-0.2, 0) is 9.53 Å². The third-order valence-corrected chi connectivity index (χ3v) is 3.08. The number of methoxy groups -OCH3 is 1. The fourth-order valence-electron chi connectivity index (χ4n) is 1.14. The number of carbonyl (C=O) groups is 1. The highest BCUT2D eigenvalue weighted by atomic mass is 79.9. The van der Waals surface area contributed by atoms with Gasteiger partial charge in [0.15, 0.2) is 0 Å². The Morgan fingerprint density at radius 1 is 1.58 bits per heavy atom. The molecule has 0 spiro atoms. The van der Waals surface area contributed by atoms with E-state index in [-0.39, 0.29) is 11.9 Å². The molecule has 0 saturated heterocycles. The second-order valence-electron chi connectivity index (χ2n) is 3.12. The number of hydrogen-bond donors (Lipinski definition) is 0. The van der Waals surface area contributed by atoms with Gasteiger partial charge in [-0.2, -0.15) is 0 Å². The van der Waals surface area contributed by atoms with Gasteiger partial charge >= 0.3 is 5.97 Å². The Labute approximate surface area is 82.8 Å². The van der Waals surface area contributed by atoms with Crippen LogP contribution in [0.1, 0.15) is 26.7 Å². The summed E-state index contributed by atoms with van der Waals surface area (Å²) < 4.78 is 4.69. The highest BCUT2D eigenvalue weighted by molar-refractivity contribution is 9.09. The molecule has 0 rings (SSSR count). The van der Waals surface area contributed by atoms with Gasteiger partial charge in [-0.25, -0.2) is 0 Å². The van der Waals surface area contributed by atoms with E-state index in [1.54, 1.807) is 0 Å². The zero-order valence-corrected chi connectivity index (χ0v) is 9.56. The van der Waals surface area contributed by atoms with E-state index in [0.717, 1.165) is 18.2 Å². The average Bonchev–Trinajstić information content (AvgIpc) is 2.12. The number of rotatable bonds is 5. The van der Waals surface area contributed by atoms with Crippen LogP contribution in [0.5, 0.6) is 0 Å². The van der Waals surface area contributed by atoms with Gasteiger partial charge in [0.2, 0.25) is 0 Å². The van der Waals surface area contributed by atoms with Crippen LogP contribution < -0.4 is 0 Å². The lowest BCUT2D eigenvalue weighted by Crippen LogP contribution is -2.18. The Balaban J connectivity index is 3.90. The summed E-state index contributed by atoms with van der Waals surface area (Å²) in [4.78, 5) is 11.2. The molecule has 0 heterocycles. The van der Waals surface area contributed by atoms with Gasteiger partial charge < -0.3 is 4.74 Å². The number of alkyl halides is 1. The minimum absolute atomic E-state index is 0.0718. The van der Waals surface area contributed by atoms with Gasteiger partial charge in [-0.15, -0.1) is 0 Å². The summed E-state index contributed by atoms with van der Waals surface area (Å²) in [6.45, 7) is 4.14. The monoisotopic (exact) mass is 236 g/mol. The van der Waals surface area contributed by atoms with E-state index in [2.05, 4.69) is 22.9 Å². The molecule has 72 valence electrons. The Bertz CT molecular complexity index is 136. The molecular formula is C9H17BrO2. The van der Waals surface area contributed by atoms with E-state index in [9.17, 15) is 4.79 Å². The van der Waals surface area contributed by atoms with E-state index < -0.39 is 0 Å². The molecule has 0 unspecified atom stereocenters. The number of esters is 1. The number of halogens is 1. The highest BCUT2D eigenvalue weighted by Gasteiger charge is 2.18. The zero-order chi connectivity index (χ0) is 9.56. The molecule has 0 radical (unpaired) electrons. The largest absolute Gasteiger partial charge is 0.469 e. The molecule has 0 aliphatic rings. The van der Waals surface area contributed by atoms with Gasteiger partial charge in [-0.1, -0.05) is 29.8 Å². The number of carbonyl (C=O) groups excluding carboxylic acids is 1. The molecule has 2 nitrogen and oxygen atoms in total. The van der Waals surface area contributed by atoms with Crippen LogP contribution in [0.25, 0.3) is 0 Å². The van der Waals surface area contributed by atoms with Crippen LogP contribution in [0, 0.1) is 11.8 Å². The Kier molecular flexibility index (Phi) is 6.44. The van der Waals surface area contributed by atoms with Gasteiger partial charge in [0.25, 0.3) is 0 Å². The van der Waals surface area contributed by atoms with Crippen LogP contribution in [-0.4, -0.2) is 18.4 Å². The van der Waals surface area contributed by atoms with Crippen molar-refractivity contribution in [1.82, 2.24) is 0 Å². The van der Waals surface area contributed by atoms with Crippen LogP contribution in [0.15, 0.2) is 0 Å². The van der Waals surface area contributed by atoms with Crippen molar-refractivity contribution in [3.8, 4) is 0 Å². The molecule has 0 aliphatic heterocycles. The summed E-state index contributed by atoms with van der Waals surface area (Å²) in [5, 5.41) is 0.945. The van der Waals surface area contributed by atoms with Crippen molar-refractivity contribution in [1.29, 1.82) is 0 Å². The summed E-state index contributed by atoms with van der Waals surface area (Å²) >= 11 is 3.39. The van der Waals surface area contributed by atoms with Crippen LogP contribution in [0.4, 0.5) is 0 Å². The number of hydrogen-bond acceptors (Lipinski definition) is 2. The molecule has 0 fully saturated rings. The maximum atomic E-state index is 11.2. The molecule has 12 heavy (non-hydrogen) atoms. The molecular weight excluding hydrogens is 220 g/mol. The Hall–Kier alpha value is -0.0500. The SMILES string of the molecule is CC[C@H](C[C@H](C)CBr)C(=O)OC. The molecule has 0 amide bonds. The first kappa shape index (κ1) is 11.9. The first-order valence-corrected chi connectivity index (χ1v) is 5.41. The standard InChI is InChI=1S/C9H17BrO2/c1-4-8(9(11)12-3)5-7(2)6-10/h7-8H,4-6H2,1-3H3/t7-,8+/m0/s1. The molecule has 2 atom stereocenters. The smallest absolute Gasteiger partial charge is 0.308 e. The van der Waals surface area contributed by atoms with Gasteiger partial charge in [0, 0.05) is 5.33 Å². The van der Waals surface area contributed by atoms with Gasteiger partial charge in [-0.05, 0) is 18.8 Å². The van der Waals surface area contributed by atoms with Crippen molar-refractivity contribution >= 4 is 21.9 Å². The Morgan fingerprint density at radius 2 is 2.17 bits per heavy atom. The first-order valence-electron chi connectivity index (χ1n) is 4.29. The molecule has 3 heteroatoms. The zero-order valence-electron chi connectivity index (χ0n) is 7.97. The number of ether oxygens (including phenoxy) is 1. The van der Waals surface area contributed by atoms with E-state index >= 15 is 0 Å². The summed E-state index contributed by atoms with van der Waals surface area (Å²) in [5.74, 6) is 0.530. The van der Waals surface area contributed by atoms with Crippen molar-refractivity contribution in [2.24, 2.45) is 11.8 Å². The lowest BCUT2D eigenvalue weighted by atomic mass is 9.95. The minimum Gasteiger partial charge on any atom is -0.469 e. The maximum absolute atomic E-state index is 11.2. The van der Waals surface area contributed by atoms with Crippen molar-refractivity contribution in [2.75, 3.05) is 12.4 Å². The van der Waals surface area contributed by atoms with Crippen molar-refractivity contribution < 1.29 is 9.53 Å². The summed E-state index contributed by atoms with van der Waals surface area (Å²) in [7, 11) is 1.45. The van der Waals surface area contributed by atoms with Crippen molar-refractivity contribution in [3.05, 3.63) is 0 Å². The predicted molar refractivity (Wildman–Crippen MR) is 53.4 cm³/mol. The van der Waals surface area contributed by atoms with Crippen LogP contribution in [0.2, 0.25) is 0 Å². The summed E-state index contributed by atoms with van der Waals surface area (Å²) in [6.07, 6.45) is 1.78. The molecule has 0 bridgehead atoms. The third-order valence-electron chi connectivity index (χ3n) is 1.98. The second kappa shape index (κ2) is 6.46. The van der Waals surface area contributed by atoms with Gasteiger partial charge in [0.1, 0.15) is 0 Å². The lowest BCUT2D eigenvalue weighted by molar-refractivity contribution is -0.146. The van der Waals surface area contributed by atoms with E-state index in [4.69, 9.17) is 4.74 Å². The molecule has 0 aromatic rings. The van der Waals surface area contributed by atoms with E-state index in [1.807, 2.05) is 6.92 Å². The van der Waals surface area contributed by atoms with Gasteiger partial charge in [-0.3, -0.25) is 4.79 Å². The highest BCUT2D eigenvalue weighted by Crippen LogP contribution is 2.18. The van der Waals surface area contributed by atoms with Crippen molar-refractivity contribution in [2.45, 2.75) is 26.7 Å². The lowest BCUT2D eigenvalue weighted by Gasteiger charge is -2.15. The maximum Gasteiger partial charge on any atom is 0.308 e. The minimum atomic E-state index is -0.0784. The topological polar surface area (TPSA) is 26.3 Å². The van der Waals surface area contributed by atoms with Crippen molar-refractivity contribution in [3.63, 3.8) is 0 Å². The summed E-state index contributed by atoms with van der Waals surface area (Å²) in [6, 6.07) is 0. The molecule has 0 aromatic heterocycles. The second-order valence-corrected chi connectivity index (χ2v) is 3.77. The third kappa shape index (κ3) is 4.10. The van der Waals surface area contributed by atoms with Crippen LogP contribution >= 0.6 is 15.9 Å². The molecule has 0 saturated carbocycles. The quantitative estimate of drug-likeness (QED) is 0.542. The fourth-order valence-corrected chi connectivity index (χ4v) is 1.41. The average molecular weight is 237 g/mol.